The van der Waals surface area contributed by atoms with Crippen LogP contribution in [0.2, 0.25) is 10.3 Å². The predicted octanol–water partition coefficient (Wildman–Crippen LogP) is 3.35. The molecule has 0 spiro atoms. The average Bonchev–Trinajstić information content (AvgIpc) is 2.81. The molecule has 2 aromatic heterocycles. The van der Waals surface area contributed by atoms with Gasteiger partial charge in [0.25, 0.3) is 5.56 Å². The first kappa shape index (κ1) is 18.5. The van der Waals surface area contributed by atoms with Crippen LogP contribution in [-0.2, 0) is 11.8 Å². The van der Waals surface area contributed by atoms with E-state index in [0.717, 1.165) is 0 Å². The number of esters is 1. The highest BCUT2D eigenvalue weighted by Crippen LogP contribution is 2.32. The van der Waals surface area contributed by atoms with Crippen LogP contribution in [0.4, 0.5) is 17.2 Å². The number of fused-ring (bicyclic) bond motifs is 3. The van der Waals surface area contributed by atoms with Gasteiger partial charge in [-0.05, 0) is 36.7 Å². The lowest BCUT2D eigenvalue weighted by atomic mass is 10.1. The number of hydrogen-bond acceptors (Lipinski definition) is 7. The molecule has 0 saturated carbocycles. The summed E-state index contributed by atoms with van der Waals surface area (Å²) in [6.07, 6.45) is 1.40. The lowest BCUT2D eigenvalue weighted by molar-refractivity contribution is 0.0503. The number of ether oxygens (including phenoxy) is 1. The van der Waals surface area contributed by atoms with Gasteiger partial charge in [-0.2, -0.15) is 4.98 Å². The second kappa shape index (κ2) is 6.96. The minimum atomic E-state index is -0.640. The number of aromatic nitrogens is 3. The zero-order chi connectivity index (χ0) is 20.0. The number of cyclic esters (lactones) is 1. The van der Waals surface area contributed by atoms with Gasteiger partial charge in [0.1, 0.15) is 17.2 Å². The fraction of sp³-hybridized carbons (Fsp3) is 0.222. The summed E-state index contributed by atoms with van der Waals surface area (Å²) in [6, 6.07) is 5.21. The van der Waals surface area contributed by atoms with E-state index < -0.39 is 11.5 Å². The predicted molar refractivity (Wildman–Crippen MR) is 108 cm³/mol. The molecule has 0 unspecified atom stereocenters. The molecule has 10 heteroatoms. The van der Waals surface area contributed by atoms with Gasteiger partial charge in [-0.15, -0.1) is 0 Å². The van der Waals surface area contributed by atoms with Gasteiger partial charge >= 0.3 is 5.97 Å². The van der Waals surface area contributed by atoms with Gasteiger partial charge in [-0.3, -0.25) is 4.79 Å². The quantitative estimate of drug-likeness (QED) is 0.485. The number of rotatable bonds is 2. The smallest absolute Gasteiger partial charge is 0.346 e. The van der Waals surface area contributed by atoms with Gasteiger partial charge in [-0.25, -0.2) is 9.78 Å². The lowest BCUT2D eigenvalue weighted by Crippen LogP contribution is -2.26. The summed E-state index contributed by atoms with van der Waals surface area (Å²) in [6.45, 7) is 2.04. The number of halogens is 2. The molecule has 8 nitrogen and oxygen atoms in total. The number of pyridine rings is 1. The van der Waals surface area contributed by atoms with Gasteiger partial charge < -0.3 is 19.9 Å². The molecule has 3 aromatic rings. The van der Waals surface area contributed by atoms with Crippen LogP contribution in [0.3, 0.4) is 0 Å². The maximum absolute atomic E-state index is 12.7. The monoisotopic (exact) mass is 419 g/mol. The van der Waals surface area contributed by atoms with Crippen molar-refractivity contribution in [3.63, 3.8) is 0 Å². The van der Waals surface area contributed by atoms with Gasteiger partial charge in [0, 0.05) is 18.1 Å². The fourth-order valence-corrected chi connectivity index (χ4v) is 3.37. The molecule has 0 bridgehead atoms. The van der Waals surface area contributed by atoms with Crippen molar-refractivity contribution in [1.29, 1.82) is 0 Å². The van der Waals surface area contributed by atoms with Gasteiger partial charge in [0.05, 0.1) is 23.4 Å². The average molecular weight is 420 g/mol. The van der Waals surface area contributed by atoms with E-state index in [4.69, 9.17) is 27.9 Å². The zero-order valence-corrected chi connectivity index (χ0v) is 16.4. The van der Waals surface area contributed by atoms with E-state index in [-0.39, 0.29) is 23.5 Å². The number of hydrogen-bond donors (Lipinski definition) is 2. The van der Waals surface area contributed by atoms with Crippen molar-refractivity contribution in [3.05, 3.63) is 50.6 Å². The van der Waals surface area contributed by atoms with Crippen molar-refractivity contribution in [1.82, 2.24) is 14.5 Å². The molecular formula is C18H15Cl2N5O3. The molecule has 0 radical (unpaired) electrons. The lowest BCUT2D eigenvalue weighted by Gasteiger charge is -2.17. The van der Waals surface area contributed by atoms with Crippen molar-refractivity contribution in [2.75, 3.05) is 17.2 Å². The molecule has 4 rings (SSSR count). The molecule has 1 aromatic carbocycles. The molecule has 2 N–H and O–H groups in total. The fourth-order valence-electron chi connectivity index (χ4n) is 3.10. The summed E-state index contributed by atoms with van der Waals surface area (Å²) in [7, 11) is 1.61. The number of carbonyl (C=O) groups is 1. The minimum Gasteiger partial charge on any atom is -0.460 e. The van der Waals surface area contributed by atoms with E-state index in [2.05, 4.69) is 20.6 Å². The maximum Gasteiger partial charge on any atom is 0.346 e. The molecule has 0 aliphatic carbocycles. The summed E-state index contributed by atoms with van der Waals surface area (Å²) in [5.41, 5.74) is 1.33. The van der Waals surface area contributed by atoms with E-state index in [9.17, 15) is 9.59 Å². The Morgan fingerprint density at radius 2 is 2.11 bits per heavy atom. The van der Waals surface area contributed by atoms with Crippen molar-refractivity contribution >= 4 is 57.3 Å². The van der Waals surface area contributed by atoms with E-state index in [1.807, 2.05) is 6.92 Å². The summed E-state index contributed by atoms with van der Waals surface area (Å²) in [5.74, 6) is -0.295. The third kappa shape index (κ3) is 3.14. The number of carbonyl (C=O) groups excluding carboxylic acids is 1. The van der Waals surface area contributed by atoms with Crippen LogP contribution in [0, 0.1) is 0 Å². The highest BCUT2D eigenvalue weighted by Gasteiger charge is 2.27. The second-order valence-corrected chi connectivity index (χ2v) is 7.20. The summed E-state index contributed by atoms with van der Waals surface area (Å²) >= 11 is 12.0. The zero-order valence-electron chi connectivity index (χ0n) is 14.9. The van der Waals surface area contributed by atoms with Crippen molar-refractivity contribution in [2.24, 2.45) is 7.05 Å². The number of nitrogens with one attached hydrogen (secondary N) is 2. The molecule has 0 fully saturated rings. The first-order chi connectivity index (χ1) is 13.3. The molecule has 0 saturated heterocycles. The Morgan fingerprint density at radius 1 is 1.32 bits per heavy atom. The molecule has 28 heavy (non-hydrogen) atoms. The Balaban J connectivity index is 1.91. The van der Waals surface area contributed by atoms with Crippen LogP contribution in [0.15, 0.2) is 29.2 Å². The Morgan fingerprint density at radius 3 is 2.89 bits per heavy atom. The first-order valence-electron chi connectivity index (χ1n) is 8.40. The van der Waals surface area contributed by atoms with E-state index in [1.54, 1.807) is 25.2 Å². The second-order valence-electron chi connectivity index (χ2n) is 6.45. The number of aryl methyl sites for hydroxylation is 1. The third-order valence-corrected chi connectivity index (χ3v) is 4.89. The molecule has 3 heterocycles. The van der Waals surface area contributed by atoms with Crippen LogP contribution >= 0.6 is 23.2 Å². The van der Waals surface area contributed by atoms with Crippen molar-refractivity contribution in [3.8, 4) is 0 Å². The molecule has 1 aliphatic heterocycles. The van der Waals surface area contributed by atoms with E-state index >= 15 is 0 Å². The number of anilines is 3. The van der Waals surface area contributed by atoms with Gasteiger partial charge in [0.15, 0.2) is 5.82 Å². The highest BCUT2D eigenvalue weighted by molar-refractivity contribution is 6.33. The first-order valence-corrected chi connectivity index (χ1v) is 9.16. The van der Waals surface area contributed by atoms with Crippen LogP contribution in [0.1, 0.15) is 17.3 Å². The SMILES string of the molecule is C[C@H]1COC(=O)c2c(c3cc(Nc4nc(Cl)ncc4Cl)ccc3n(C)c2=O)N1. The van der Waals surface area contributed by atoms with E-state index in [1.165, 1.54) is 10.8 Å². The minimum absolute atomic E-state index is 0.0142. The van der Waals surface area contributed by atoms with Crippen LogP contribution < -0.4 is 16.2 Å². The Hall–Kier alpha value is -2.84. The molecular weight excluding hydrogens is 405 g/mol. The van der Waals surface area contributed by atoms with Gasteiger partial charge in [0.2, 0.25) is 5.28 Å². The van der Waals surface area contributed by atoms with Crippen LogP contribution in [-0.4, -0.2) is 33.2 Å². The Kier molecular flexibility index (Phi) is 4.60. The summed E-state index contributed by atoms with van der Waals surface area (Å²) < 4.78 is 6.62. The molecule has 144 valence electrons. The standard InChI is InChI=1S/C18H15Cl2N5O3/c1-8-7-28-17(27)13-14(22-8)10-5-9(3-4-12(10)25(2)16(13)26)23-15-11(19)6-21-18(20)24-15/h3-6,8,22H,7H2,1-2H3,(H,21,23,24)/t8-/m0/s1. The summed E-state index contributed by atoms with van der Waals surface area (Å²) in [5, 5.41) is 7.35. The topological polar surface area (TPSA) is 98.1 Å². The van der Waals surface area contributed by atoms with Gasteiger partial charge in [-0.1, -0.05) is 11.6 Å². The van der Waals surface area contributed by atoms with Crippen LogP contribution in [0.25, 0.3) is 10.9 Å². The highest BCUT2D eigenvalue weighted by atomic mass is 35.5. The normalized spacial score (nSPS) is 16.1. The Labute approximate surface area is 169 Å². The molecule has 1 aliphatic rings. The number of nitrogens with zero attached hydrogens (tertiary/aromatic N) is 3. The number of benzene rings is 1. The maximum atomic E-state index is 12.7. The molecule has 1 atom stereocenters. The largest absolute Gasteiger partial charge is 0.460 e. The third-order valence-electron chi connectivity index (χ3n) is 4.43. The van der Waals surface area contributed by atoms with Crippen molar-refractivity contribution in [2.45, 2.75) is 13.0 Å². The summed E-state index contributed by atoms with van der Waals surface area (Å²) in [4.78, 5) is 33.0. The van der Waals surface area contributed by atoms with Crippen LogP contribution in [0.5, 0.6) is 0 Å². The van der Waals surface area contributed by atoms with Crippen molar-refractivity contribution < 1.29 is 9.53 Å². The Bertz CT molecular complexity index is 1180. The van der Waals surface area contributed by atoms with E-state index in [0.29, 0.717) is 33.1 Å². The molecule has 0 amide bonds.